The van der Waals surface area contributed by atoms with Gasteiger partial charge in [0.1, 0.15) is 0 Å². The number of halogens is 1. The SMILES string of the molecule is CSc1ccc(/C=N\NC(=O)c2ccc(C)c(Cl)c2)cc1. The molecule has 0 saturated carbocycles. The number of benzene rings is 2. The van der Waals surface area contributed by atoms with Gasteiger partial charge in [-0.15, -0.1) is 11.8 Å². The lowest BCUT2D eigenvalue weighted by Crippen LogP contribution is -2.17. The lowest BCUT2D eigenvalue weighted by molar-refractivity contribution is 0.0955. The molecule has 0 aliphatic carbocycles. The van der Waals surface area contributed by atoms with E-state index in [9.17, 15) is 4.79 Å². The van der Waals surface area contributed by atoms with E-state index < -0.39 is 0 Å². The normalized spacial score (nSPS) is 10.8. The molecule has 3 nitrogen and oxygen atoms in total. The summed E-state index contributed by atoms with van der Waals surface area (Å²) in [5, 5.41) is 4.52. The number of hydrogen-bond donors (Lipinski definition) is 1. The highest BCUT2D eigenvalue weighted by atomic mass is 35.5. The monoisotopic (exact) mass is 318 g/mol. The molecule has 2 rings (SSSR count). The van der Waals surface area contributed by atoms with Crippen molar-refractivity contribution >= 4 is 35.5 Å². The van der Waals surface area contributed by atoms with Gasteiger partial charge in [-0.25, -0.2) is 5.43 Å². The first-order valence-electron chi connectivity index (χ1n) is 6.34. The van der Waals surface area contributed by atoms with Gasteiger partial charge in [0.05, 0.1) is 6.21 Å². The third kappa shape index (κ3) is 4.34. The molecule has 0 radical (unpaired) electrons. The molecule has 1 N–H and O–H groups in total. The molecule has 0 spiro atoms. The van der Waals surface area contributed by atoms with Crippen LogP contribution < -0.4 is 5.43 Å². The predicted molar refractivity (Wildman–Crippen MR) is 89.5 cm³/mol. The highest BCUT2D eigenvalue weighted by molar-refractivity contribution is 7.98. The zero-order valence-electron chi connectivity index (χ0n) is 11.8. The Bertz CT molecular complexity index is 668. The first kappa shape index (κ1) is 15.6. The van der Waals surface area contributed by atoms with Crippen LogP contribution in [0.1, 0.15) is 21.5 Å². The second-order valence-electron chi connectivity index (χ2n) is 4.44. The Morgan fingerprint density at radius 3 is 2.57 bits per heavy atom. The molecule has 0 atom stereocenters. The van der Waals surface area contributed by atoms with E-state index in [1.165, 1.54) is 4.90 Å². The van der Waals surface area contributed by atoms with Gasteiger partial charge >= 0.3 is 0 Å². The summed E-state index contributed by atoms with van der Waals surface area (Å²) >= 11 is 7.68. The summed E-state index contributed by atoms with van der Waals surface area (Å²) < 4.78 is 0. The second-order valence-corrected chi connectivity index (χ2v) is 5.72. The van der Waals surface area contributed by atoms with E-state index in [-0.39, 0.29) is 5.91 Å². The Morgan fingerprint density at radius 2 is 1.95 bits per heavy atom. The molecule has 0 saturated heterocycles. The Morgan fingerprint density at radius 1 is 1.24 bits per heavy atom. The summed E-state index contributed by atoms with van der Waals surface area (Å²) in [6.07, 6.45) is 3.63. The Balaban J connectivity index is 1.99. The highest BCUT2D eigenvalue weighted by Crippen LogP contribution is 2.16. The number of hydrazone groups is 1. The smallest absolute Gasteiger partial charge is 0.267 e. The van der Waals surface area contributed by atoms with Crippen molar-refractivity contribution in [3.05, 3.63) is 64.2 Å². The van der Waals surface area contributed by atoms with Crippen molar-refractivity contribution in [2.75, 3.05) is 6.26 Å². The highest BCUT2D eigenvalue weighted by Gasteiger charge is 2.05. The van der Waals surface area contributed by atoms with Crippen molar-refractivity contribution < 1.29 is 4.79 Å². The number of rotatable bonds is 4. The van der Waals surface area contributed by atoms with Crippen molar-refractivity contribution in [1.29, 1.82) is 0 Å². The van der Waals surface area contributed by atoms with Gasteiger partial charge in [-0.1, -0.05) is 29.8 Å². The zero-order chi connectivity index (χ0) is 15.2. The molecule has 0 aliphatic heterocycles. The van der Waals surface area contributed by atoms with E-state index in [1.807, 2.05) is 43.5 Å². The van der Waals surface area contributed by atoms with Gasteiger partial charge in [-0.05, 0) is 48.6 Å². The summed E-state index contributed by atoms with van der Waals surface area (Å²) in [6.45, 7) is 1.89. The summed E-state index contributed by atoms with van der Waals surface area (Å²) in [6, 6.07) is 13.1. The van der Waals surface area contributed by atoms with E-state index in [2.05, 4.69) is 10.5 Å². The van der Waals surface area contributed by atoms with Crippen molar-refractivity contribution in [3.8, 4) is 0 Å². The van der Waals surface area contributed by atoms with Crippen LogP contribution in [0.3, 0.4) is 0 Å². The quantitative estimate of drug-likeness (QED) is 0.523. The van der Waals surface area contributed by atoms with Crippen LogP contribution in [0.2, 0.25) is 5.02 Å². The average Bonchev–Trinajstić information content (AvgIpc) is 2.50. The molecule has 0 aromatic heterocycles. The summed E-state index contributed by atoms with van der Waals surface area (Å²) in [5.74, 6) is -0.283. The van der Waals surface area contributed by atoms with Crippen molar-refractivity contribution in [2.45, 2.75) is 11.8 Å². The number of nitrogens with one attached hydrogen (secondary N) is 1. The molecule has 0 fully saturated rings. The van der Waals surface area contributed by atoms with Gasteiger partial charge < -0.3 is 0 Å². The van der Waals surface area contributed by atoms with Crippen LogP contribution >= 0.6 is 23.4 Å². The van der Waals surface area contributed by atoms with Gasteiger partial charge in [0.15, 0.2) is 0 Å². The molecule has 0 bridgehead atoms. The average molecular weight is 319 g/mol. The molecule has 5 heteroatoms. The minimum Gasteiger partial charge on any atom is -0.267 e. The number of nitrogens with zero attached hydrogens (tertiary/aromatic N) is 1. The second kappa shape index (κ2) is 7.29. The van der Waals surface area contributed by atoms with Gasteiger partial charge in [-0.2, -0.15) is 5.10 Å². The van der Waals surface area contributed by atoms with E-state index in [4.69, 9.17) is 11.6 Å². The van der Waals surface area contributed by atoms with E-state index >= 15 is 0 Å². The molecule has 0 unspecified atom stereocenters. The summed E-state index contributed by atoms with van der Waals surface area (Å²) in [5.41, 5.74) is 4.84. The number of carbonyl (C=O) groups is 1. The third-order valence-corrected chi connectivity index (χ3v) is 4.08. The minimum atomic E-state index is -0.283. The number of amides is 1. The van der Waals surface area contributed by atoms with E-state index in [0.717, 1.165) is 11.1 Å². The molecule has 0 heterocycles. The molecule has 1 amide bonds. The number of carbonyl (C=O) groups excluding carboxylic acids is 1. The van der Waals surface area contributed by atoms with Gasteiger partial charge in [0, 0.05) is 15.5 Å². The molecule has 0 aliphatic rings. The maximum Gasteiger partial charge on any atom is 0.271 e. The predicted octanol–water partition coefficient (Wildman–Crippen LogP) is 4.13. The van der Waals surface area contributed by atoms with Crippen LogP contribution in [-0.4, -0.2) is 18.4 Å². The van der Waals surface area contributed by atoms with Gasteiger partial charge in [0.2, 0.25) is 0 Å². The molecule has 2 aromatic carbocycles. The minimum absolute atomic E-state index is 0.283. The van der Waals surface area contributed by atoms with Crippen LogP contribution in [-0.2, 0) is 0 Å². The van der Waals surface area contributed by atoms with Crippen LogP contribution in [0.5, 0.6) is 0 Å². The Labute approximate surface area is 133 Å². The first-order chi connectivity index (χ1) is 10.1. The Kier molecular flexibility index (Phi) is 5.42. The maximum atomic E-state index is 11.9. The van der Waals surface area contributed by atoms with E-state index in [1.54, 1.807) is 30.1 Å². The zero-order valence-corrected chi connectivity index (χ0v) is 13.3. The number of hydrogen-bond acceptors (Lipinski definition) is 3. The summed E-state index contributed by atoms with van der Waals surface area (Å²) in [7, 11) is 0. The fraction of sp³-hybridized carbons (Fsp3) is 0.125. The largest absolute Gasteiger partial charge is 0.271 e. The third-order valence-electron chi connectivity index (χ3n) is 2.93. The van der Waals surface area contributed by atoms with Gasteiger partial charge in [0.25, 0.3) is 5.91 Å². The van der Waals surface area contributed by atoms with Crippen LogP contribution in [0.25, 0.3) is 0 Å². The molecule has 108 valence electrons. The van der Waals surface area contributed by atoms with Crippen LogP contribution in [0, 0.1) is 6.92 Å². The standard InChI is InChI=1S/C16H15ClN2OS/c1-11-3-6-13(9-15(11)17)16(20)19-18-10-12-4-7-14(21-2)8-5-12/h3-10H,1-2H3,(H,19,20)/b18-10-. The number of thioether (sulfide) groups is 1. The Hall–Kier alpha value is -1.78. The molecular formula is C16H15ClN2OS. The molecular weight excluding hydrogens is 304 g/mol. The fourth-order valence-corrected chi connectivity index (χ4v) is 2.24. The number of aryl methyl sites for hydroxylation is 1. The lowest BCUT2D eigenvalue weighted by Gasteiger charge is -2.02. The van der Waals surface area contributed by atoms with Crippen molar-refractivity contribution in [3.63, 3.8) is 0 Å². The first-order valence-corrected chi connectivity index (χ1v) is 7.94. The molecule has 21 heavy (non-hydrogen) atoms. The van der Waals surface area contributed by atoms with Crippen LogP contribution in [0.15, 0.2) is 52.5 Å². The molecule has 2 aromatic rings. The summed E-state index contributed by atoms with van der Waals surface area (Å²) in [4.78, 5) is 13.1. The lowest BCUT2D eigenvalue weighted by atomic mass is 10.1. The van der Waals surface area contributed by atoms with Crippen molar-refractivity contribution in [1.82, 2.24) is 5.43 Å². The van der Waals surface area contributed by atoms with Crippen molar-refractivity contribution in [2.24, 2.45) is 5.10 Å². The maximum absolute atomic E-state index is 11.9. The van der Waals surface area contributed by atoms with Gasteiger partial charge in [-0.3, -0.25) is 4.79 Å². The fourth-order valence-electron chi connectivity index (χ4n) is 1.65. The van der Waals surface area contributed by atoms with Crippen LogP contribution in [0.4, 0.5) is 0 Å². The topological polar surface area (TPSA) is 41.5 Å². The van der Waals surface area contributed by atoms with E-state index in [0.29, 0.717) is 10.6 Å².